The largest absolute Gasteiger partial charge is 0.490 e. The van der Waals surface area contributed by atoms with Gasteiger partial charge in [0.15, 0.2) is 11.6 Å². The zero-order valence-corrected chi connectivity index (χ0v) is 28.6. The van der Waals surface area contributed by atoms with Crippen LogP contribution < -0.4 is 9.47 Å². The van der Waals surface area contributed by atoms with Crippen molar-refractivity contribution in [3.8, 4) is 33.8 Å². The first-order valence-corrected chi connectivity index (χ1v) is 17.7. The van der Waals surface area contributed by atoms with E-state index in [1.807, 2.05) is 42.5 Å². The highest BCUT2D eigenvalue weighted by Crippen LogP contribution is 2.39. The van der Waals surface area contributed by atoms with Crippen LogP contribution in [0.2, 0.25) is 0 Å². The molecule has 3 aromatic rings. The van der Waals surface area contributed by atoms with E-state index >= 15 is 8.78 Å². The second-order valence-electron chi connectivity index (χ2n) is 12.0. The molecule has 0 aliphatic rings. The molecule has 0 amide bonds. The van der Waals surface area contributed by atoms with Crippen LogP contribution in [0, 0.1) is 11.6 Å². The van der Waals surface area contributed by atoms with E-state index in [0.717, 1.165) is 75.3 Å². The summed E-state index contributed by atoms with van der Waals surface area (Å²) in [6, 6.07) is 18.4. The third-order valence-corrected chi connectivity index (χ3v) is 8.24. The van der Waals surface area contributed by atoms with Gasteiger partial charge in [0.1, 0.15) is 11.9 Å². The molecule has 0 aliphatic heterocycles. The molecule has 0 heterocycles. The van der Waals surface area contributed by atoms with Crippen molar-refractivity contribution in [2.45, 2.75) is 124 Å². The zero-order valence-electron chi connectivity index (χ0n) is 28.6. The van der Waals surface area contributed by atoms with E-state index < -0.39 is 17.9 Å². The van der Waals surface area contributed by atoms with E-state index in [-0.39, 0.29) is 17.4 Å². The summed E-state index contributed by atoms with van der Waals surface area (Å²) in [6.07, 6.45) is 12.7. The molecule has 2 atom stereocenters. The van der Waals surface area contributed by atoms with Gasteiger partial charge in [0.2, 0.25) is 12.1 Å². The minimum atomic E-state index is -0.975. The van der Waals surface area contributed by atoms with E-state index in [1.54, 1.807) is 12.1 Å². The Bertz CT molecular complexity index is 1250. The highest BCUT2D eigenvalue weighted by atomic mass is 19.2. The quantitative estimate of drug-likeness (QED) is 0.0723. The molecular formula is C40H56F2O4. The van der Waals surface area contributed by atoms with Gasteiger partial charge in [0.05, 0.1) is 13.2 Å². The lowest BCUT2D eigenvalue weighted by Gasteiger charge is -2.28. The fraction of sp³-hybridized carbons (Fsp3) is 0.550. The van der Waals surface area contributed by atoms with Crippen molar-refractivity contribution in [2.75, 3.05) is 19.8 Å². The number of halogens is 2. The predicted molar refractivity (Wildman–Crippen MR) is 186 cm³/mol. The van der Waals surface area contributed by atoms with Gasteiger partial charge < -0.3 is 18.9 Å². The van der Waals surface area contributed by atoms with Crippen LogP contribution in [0.5, 0.6) is 11.5 Å². The second-order valence-corrected chi connectivity index (χ2v) is 12.0. The normalized spacial score (nSPS) is 12.7. The summed E-state index contributed by atoms with van der Waals surface area (Å²) in [7, 11) is 0. The van der Waals surface area contributed by atoms with Gasteiger partial charge in [-0.15, -0.1) is 0 Å². The van der Waals surface area contributed by atoms with Gasteiger partial charge in [-0.3, -0.25) is 0 Å². The molecule has 1 unspecified atom stereocenters. The molecule has 0 saturated carbocycles. The van der Waals surface area contributed by atoms with Crippen LogP contribution in [0.15, 0.2) is 60.7 Å². The lowest BCUT2D eigenvalue weighted by Crippen LogP contribution is -2.37. The van der Waals surface area contributed by atoms with E-state index in [2.05, 4.69) is 27.7 Å². The molecule has 0 aliphatic carbocycles. The highest BCUT2D eigenvalue weighted by Gasteiger charge is 2.25. The van der Waals surface area contributed by atoms with Crippen LogP contribution in [-0.2, 0) is 9.47 Å². The number of benzene rings is 3. The molecule has 3 aromatic carbocycles. The van der Waals surface area contributed by atoms with Crippen molar-refractivity contribution in [1.29, 1.82) is 0 Å². The third-order valence-electron chi connectivity index (χ3n) is 8.24. The van der Waals surface area contributed by atoms with Crippen LogP contribution in [0.4, 0.5) is 8.78 Å². The molecule has 0 N–H and O–H groups in total. The Labute approximate surface area is 276 Å². The first-order chi connectivity index (χ1) is 22.5. The summed E-state index contributed by atoms with van der Waals surface area (Å²) in [4.78, 5) is 0. The fourth-order valence-electron chi connectivity index (χ4n) is 5.48. The SMILES string of the molecule is CCCCCCCCOc1ccc(-c2cc(OC(OCCCCC)[C@H](CC)OCCCCC)ccc2-c2ccccc2)c(F)c1F. The van der Waals surface area contributed by atoms with Crippen molar-refractivity contribution in [3.05, 3.63) is 72.3 Å². The molecule has 0 bridgehead atoms. The Balaban J connectivity index is 1.89. The molecule has 3 rings (SSSR count). The van der Waals surface area contributed by atoms with Gasteiger partial charge >= 0.3 is 0 Å². The monoisotopic (exact) mass is 638 g/mol. The molecule has 0 radical (unpaired) electrons. The molecule has 0 saturated heterocycles. The van der Waals surface area contributed by atoms with Crippen LogP contribution in [-0.4, -0.2) is 32.2 Å². The topological polar surface area (TPSA) is 36.9 Å². The fourth-order valence-corrected chi connectivity index (χ4v) is 5.48. The summed E-state index contributed by atoms with van der Waals surface area (Å²) in [5.41, 5.74) is 2.35. The standard InChI is InChI=1S/C40H56F2O4/c1-5-9-12-13-14-20-28-44-37-26-25-34(38(41)39(37)42)35-30-32(23-24-33(35)31-21-16-15-17-22-31)46-40(45-29-19-11-7-3)36(8-4)43-27-18-10-6-2/h15-17,21-26,30,36,40H,5-14,18-20,27-29H2,1-4H3/t36-,40?/m0/s1. The molecule has 0 fully saturated rings. The maximum atomic E-state index is 15.8. The Morgan fingerprint density at radius 2 is 1.17 bits per heavy atom. The van der Waals surface area contributed by atoms with Gasteiger partial charge in [-0.25, -0.2) is 4.39 Å². The molecular weight excluding hydrogens is 582 g/mol. The highest BCUT2D eigenvalue weighted by molar-refractivity contribution is 5.85. The van der Waals surface area contributed by atoms with E-state index in [9.17, 15) is 0 Å². The van der Waals surface area contributed by atoms with Crippen molar-refractivity contribution < 1.29 is 27.7 Å². The van der Waals surface area contributed by atoms with Crippen LogP contribution >= 0.6 is 0 Å². The summed E-state index contributed by atoms with van der Waals surface area (Å²) < 4.78 is 55.9. The minimum absolute atomic E-state index is 0.0602. The van der Waals surface area contributed by atoms with Crippen LogP contribution in [0.3, 0.4) is 0 Å². The lowest BCUT2D eigenvalue weighted by atomic mass is 9.93. The summed E-state index contributed by atoms with van der Waals surface area (Å²) in [5.74, 6) is -1.46. The number of rotatable bonds is 24. The van der Waals surface area contributed by atoms with E-state index in [4.69, 9.17) is 18.9 Å². The van der Waals surface area contributed by atoms with Crippen molar-refractivity contribution in [3.63, 3.8) is 0 Å². The summed E-state index contributed by atoms with van der Waals surface area (Å²) >= 11 is 0. The van der Waals surface area contributed by atoms with Crippen molar-refractivity contribution in [2.24, 2.45) is 0 Å². The molecule has 254 valence electrons. The molecule has 0 spiro atoms. The zero-order chi connectivity index (χ0) is 33.0. The van der Waals surface area contributed by atoms with Gasteiger partial charge in [-0.2, -0.15) is 4.39 Å². The minimum Gasteiger partial charge on any atom is -0.490 e. The van der Waals surface area contributed by atoms with Gasteiger partial charge in [-0.05, 0) is 66.6 Å². The van der Waals surface area contributed by atoms with Gasteiger partial charge in [0.25, 0.3) is 0 Å². The second kappa shape index (κ2) is 21.8. The van der Waals surface area contributed by atoms with Gasteiger partial charge in [-0.1, -0.05) is 122 Å². The number of ether oxygens (including phenoxy) is 4. The third kappa shape index (κ3) is 12.0. The predicted octanol–water partition coefficient (Wildman–Crippen LogP) is 11.9. The Kier molecular flexibility index (Phi) is 17.7. The Hall–Kier alpha value is -2.96. The number of hydrogen-bond acceptors (Lipinski definition) is 4. The van der Waals surface area contributed by atoms with Gasteiger partial charge in [0, 0.05) is 12.2 Å². The number of unbranched alkanes of at least 4 members (excludes halogenated alkanes) is 9. The first kappa shape index (κ1) is 37.5. The maximum absolute atomic E-state index is 15.8. The smallest absolute Gasteiger partial charge is 0.226 e. The number of hydrogen-bond donors (Lipinski definition) is 0. The average molecular weight is 639 g/mol. The summed E-state index contributed by atoms with van der Waals surface area (Å²) in [6.45, 7) is 10.1. The molecule has 4 nitrogen and oxygen atoms in total. The lowest BCUT2D eigenvalue weighted by molar-refractivity contribution is -0.165. The van der Waals surface area contributed by atoms with Crippen LogP contribution in [0.25, 0.3) is 22.3 Å². The molecule has 0 aromatic heterocycles. The molecule has 6 heteroatoms. The van der Waals surface area contributed by atoms with Crippen LogP contribution in [0.1, 0.15) is 111 Å². The Morgan fingerprint density at radius 3 is 1.87 bits per heavy atom. The first-order valence-electron chi connectivity index (χ1n) is 17.7. The van der Waals surface area contributed by atoms with Crippen molar-refractivity contribution in [1.82, 2.24) is 0 Å². The average Bonchev–Trinajstić information content (AvgIpc) is 3.08. The summed E-state index contributed by atoms with van der Waals surface area (Å²) in [5, 5.41) is 0. The Morgan fingerprint density at radius 1 is 0.565 bits per heavy atom. The van der Waals surface area contributed by atoms with E-state index in [1.165, 1.54) is 25.3 Å². The van der Waals surface area contributed by atoms with Crippen molar-refractivity contribution >= 4 is 0 Å². The van der Waals surface area contributed by atoms with E-state index in [0.29, 0.717) is 31.1 Å². The maximum Gasteiger partial charge on any atom is 0.226 e. The molecule has 46 heavy (non-hydrogen) atoms.